The van der Waals surface area contributed by atoms with Crippen LogP contribution in [0.5, 0.6) is 0 Å². The van der Waals surface area contributed by atoms with Crippen LogP contribution >= 0.6 is 12.6 Å². The molecule has 1 saturated heterocycles. The molecule has 0 unspecified atom stereocenters. The van der Waals surface area contributed by atoms with Gasteiger partial charge in [0.15, 0.2) is 6.29 Å². The molecule has 0 bridgehead atoms. The standard InChI is InChI=1S/C10H19NO6S/c1-5(13)11-7-9(15)8(14)6(4-12)17-10(7)16-2-3-18/h6-10,12,14-15,18H,2-4H2,1H3,(H,11,13)/t6-,7-,8-,9-,10-/m1/s1. The molecule has 1 aliphatic heterocycles. The molecule has 0 aromatic heterocycles. The Morgan fingerprint density at radius 2 is 2.11 bits per heavy atom. The lowest BCUT2D eigenvalue weighted by atomic mass is 9.97. The monoisotopic (exact) mass is 281 g/mol. The van der Waals surface area contributed by atoms with E-state index in [9.17, 15) is 15.0 Å². The lowest BCUT2D eigenvalue weighted by Crippen LogP contribution is -2.64. The van der Waals surface area contributed by atoms with Gasteiger partial charge in [0.25, 0.3) is 0 Å². The van der Waals surface area contributed by atoms with Crippen LogP contribution in [0, 0.1) is 0 Å². The smallest absolute Gasteiger partial charge is 0.217 e. The molecule has 18 heavy (non-hydrogen) atoms. The van der Waals surface area contributed by atoms with Crippen molar-refractivity contribution in [1.82, 2.24) is 5.32 Å². The number of hydrogen-bond donors (Lipinski definition) is 5. The Morgan fingerprint density at radius 1 is 1.44 bits per heavy atom. The molecule has 0 aromatic rings. The molecule has 0 saturated carbocycles. The van der Waals surface area contributed by atoms with Gasteiger partial charge < -0.3 is 30.1 Å². The highest BCUT2D eigenvalue weighted by molar-refractivity contribution is 7.80. The third-order valence-electron chi connectivity index (χ3n) is 2.62. The first-order valence-corrected chi connectivity index (χ1v) is 6.26. The van der Waals surface area contributed by atoms with Gasteiger partial charge in [-0.3, -0.25) is 4.79 Å². The maximum atomic E-state index is 11.1. The average molecular weight is 281 g/mol. The summed E-state index contributed by atoms with van der Waals surface area (Å²) < 4.78 is 10.6. The highest BCUT2D eigenvalue weighted by Crippen LogP contribution is 2.22. The summed E-state index contributed by atoms with van der Waals surface area (Å²) in [5.74, 6) is 0.0616. The van der Waals surface area contributed by atoms with Crippen molar-refractivity contribution >= 4 is 18.5 Å². The van der Waals surface area contributed by atoms with Gasteiger partial charge in [-0.05, 0) is 0 Å². The zero-order valence-electron chi connectivity index (χ0n) is 10.0. The van der Waals surface area contributed by atoms with Gasteiger partial charge in [-0.25, -0.2) is 0 Å². The van der Waals surface area contributed by atoms with E-state index in [2.05, 4.69) is 17.9 Å². The summed E-state index contributed by atoms with van der Waals surface area (Å²) in [5, 5.41) is 31.1. The number of rotatable bonds is 5. The van der Waals surface area contributed by atoms with Crippen LogP contribution in [0.25, 0.3) is 0 Å². The van der Waals surface area contributed by atoms with E-state index in [4.69, 9.17) is 14.6 Å². The minimum absolute atomic E-state index is 0.255. The van der Waals surface area contributed by atoms with Gasteiger partial charge in [0.1, 0.15) is 24.4 Å². The number of aliphatic hydroxyl groups is 3. The fourth-order valence-electron chi connectivity index (χ4n) is 1.78. The molecule has 1 heterocycles. The molecule has 1 fully saturated rings. The Kier molecular flexibility index (Phi) is 6.33. The molecule has 0 aliphatic carbocycles. The summed E-state index contributed by atoms with van der Waals surface area (Å²) in [5.41, 5.74) is 0. The molecule has 4 N–H and O–H groups in total. The Morgan fingerprint density at radius 3 is 2.61 bits per heavy atom. The third kappa shape index (κ3) is 3.81. The Bertz CT molecular complexity index is 279. The molecular formula is C10H19NO6S. The summed E-state index contributed by atoms with van der Waals surface area (Å²) in [6.07, 6.45) is -4.45. The summed E-state index contributed by atoms with van der Waals surface area (Å²) in [7, 11) is 0. The van der Waals surface area contributed by atoms with Crippen molar-refractivity contribution in [2.45, 2.75) is 37.6 Å². The summed E-state index contributed by atoms with van der Waals surface area (Å²) in [6, 6.07) is -0.889. The predicted molar refractivity (Wildman–Crippen MR) is 65.2 cm³/mol. The predicted octanol–water partition coefficient (Wildman–Crippen LogP) is -2.12. The number of amides is 1. The number of carbonyl (C=O) groups excluding carboxylic acids is 1. The van der Waals surface area contributed by atoms with Crippen molar-refractivity contribution < 1.29 is 29.6 Å². The zero-order chi connectivity index (χ0) is 13.7. The summed E-state index contributed by atoms with van der Waals surface area (Å²) in [4.78, 5) is 11.1. The van der Waals surface area contributed by atoms with Gasteiger partial charge in [0, 0.05) is 12.7 Å². The summed E-state index contributed by atoms with van der Waals surface area (Å²) >= 11 is 3.98. The largest absolute Gasteiger partial charge is 0.394 e. The zero-order valence-corrected chi connectivity index (χ0v) is 10.9. The van der Waals surface area contributed by atoms with Crippen molar-refractivity contribution in [3.05, 3.63) is 0 Å². The minimum atomic E-state index is -1.29. The van der Waals surface area contributed by atoms with Gasteiger partial charge in [0.05, 0.1) is 13.2 Å². The number of nitrogens with one attached hydrogen (secondary N) is 1. The third-order valence-corrected chi connectivity index (χ3v) is 2.81. The van der Waals surface area contributed by atoms with Gasteiger partial charge in [-0.1, -0.05) is 0 Å². The van der Waals surface area contributed by atoms with Gasteiger partial charge in [-0.15, -0.1) is 0 Å². The highest BCUT2D eigenvalue weighted by atomic mass is 32.1. The van der Waals surface area contributed by atoms with E-state index in [1.165, 1.54) is 6.92 Å². The van der Waals surface area contributed by atoms with E-state index >= 15 is 0 Å². The lowest BCUT2D eigenvalue weighted by Gasteiger charge is -2.42. The summed E-state index contributed by atoms with van der Waals surface area (Å²) in [6.45, 7) is 1.09. The molecule has 0 aromatic carbocycles. The van der Waals surface area contributed by atoms with Crippen LogP contribution in [-0.4, -0.2) is 70.8 Å². The molecule has 0 spiro atoms. The number of ether oxygens (including phenoxy) is 2. The SMILES string of the molecule is CC(=O)N[C@H]1[C@H](OCCS)O[C@H](CO)[C@@H](O)[C@@H]1O. The maximum absolute atomic E-state index is 11.1. The number of hydrogen-bond acceptors (Lipinski definition) is 7. The molecule has 106 valence electrons. The topological polar surface area (TPSA) is 108 Å². The van der Waals surface area contributed by atoms with E-state index in [0.29, 0.717) is 5.75 Å². The van der Waals surface area contributed by atoms with Crippen molar-refractivity contribution in [1.29, 1.82) is 0 Å². The Balaban J connectivity index is 2.76. The second-order valence-electron chi connectivity index (χ2n) is 4.03. The quantitative estimate of drug-likeness (QED) is 0.369. The molecule has 1 amide bonds. The van der Waals surface area contributed by atoms with Gasteiger partial charge >= 0.3 is 0 Å². The first-order valence-electron chi connectivity index (χ1n) is 5.63. The van der Waals surface area contributed by atoms with Crippen molar-refractivity contribution in [2.75, 3.05) is 19.0 Å². The second kappa shape index (κ2) is 7.27. The molecular weight excluding hydrogens is 262 g/mol. The molecule has 1 aliphatic rings. The van der Waals surface area contributed by atoms with Crippen molar-refractivity contribution in [3.63, 3.8) is 0 Å². The average Bonchev–Trinajstić information content (AvgIpc) is 2.33. The first-order chi connectivity index (χ1) is 8.51. The Hall–Kier alpha value is -0.380. The van der Waals surface area contributed by atoms with Gasteiger partial charge in [-0.2, -0.15) is 12.6 Å². The van der Waals surface area contributed by atoms with Crippen LogP contribution in [0.4, 0.5) is 0 Å². The lowest BCUT2D eigenvalue weighted by molar-refractivity contribution is -0.268. The fraction of sp³-hybridized carbons (Fsp3) is 0.900. The van der Waals surface area contributed by atoms with E-state index in [1.807, 2.05) is 0 Å². The van der Waals surface area contributed by atoms with Crippen LogP contribution in [0.2, 0.25) is 0 Å². The van der Waals surface area contributed by atoms with E-state index in [0.717, 1.165) is 0 Å². The number of carbonyl (C=O) groups is 1. The van der Waals surface area contributed by atoms with Crippen LogP contribution < -0.4 is 5.32 Å². The van der Waals surface area contributed by atoms with Crippen LogP contribution in [-0.2, 0) is 14.3 Å². The normalized spacial score (nSPS) is 36.4. The molecule has 0 radical (unpaired) electrons. The van der Waals surface area contributed by atoms with E-state index in [1.54, 1.807) is 0 Å². The van der Waals surface area contributed by atoms with Crippen molar-refractivity contribution in [2.24, 2.45) is 0 Å². The molecule has 1 rings (SSSR count). The number of aliphatic hydroxyl groups excluding tert-OH is 3. The Labute approximate surface area is 110 Å². The van der Waals surface area contributed by atoms with Crippen LogP contribution in [0.15, 0.2) is 0 Å². The van der Waals surface area contributed by atoms with Crippen molar-refractivity contribution in [3.8, 4) is 0 Å². The number of thiol groups is 1. The van der Waals surface area contributed by atoms with E-state index < -0.39 is 37.3 Å². The van der Waals surface area contributed by atoms with Crippen LogP contribution in [0.3, 0.4) is 0 Å². The molecule has 5 atom stereocenters. The van der Waals surface area contributed by atoms with E-state index in [-0.39, 0.29) is 12.5 Å². The highest BCUT2D eigenvalue weighted by Gasteiger charge is 2.45. The van der Waals surface area contributed by atoms with Gasteiger partial charge in [0.2, 0.25) is 5.91 Å². The van der Waals surface area contributed by atoms with Crippen LogP contribution in [0.1, 0.15) is 6.92 Å². The maximum Gasteiger partial charge on any atom is 0.217 e. The molecule has 7 nitrogen and oxygen atoms in total. The minimum Gasteiger partial charge on any atom is -0.394 e. The second-order valence-corrected chi connectivity index (χ2v) is 4.47. The fourth-order valence-corrected chi connectivity index (χ4v) is 1.89. The molecule has 8 heteroatoms. The first kappa shape index (κ1) is 15.7.